The summed E-state index contributed by atoms with van der Waals surface area (Å²) in [6, 6.07) is 12.3. The Bertz CT molecular complexity index is 1330. The van der Waals surface area contributed by atoms with Crippen LogP contribution in [-0.4, -0.2) is 41.0 Å². The van der Waals surface area contributed by atoms with E-state index in [1.54, 1.807) is 11.3 Å². The van der Waals surface area contributed by atoms with Crippen LogP contribution in [-0.2, 0) is 29.0 Å². The number of carbonyl (C=O) groups is 2. The van der Waals surface area contributed by atoms with E-state index in [1.165, 1.54) is 11.1 Å². The van der Waals surface area contributed by atoms with Gasteiger partial charge in [-0.2, -0.15) is 0 Å². The number of likely N-dealkylation sites (tertiary alicyclic amines) is 1. The van der Waals surface area contributed by atoms with E-state index in [4.69, 9.17) is 9.73 Å². The molecule has 1 aromatic heterocycles. The Labute approximate surface area is 215 Å². The minimum Gasteiger partial charge on any atom is -0.482 e. The predicted molar refractivity (Wildman–Crippen MR) is 143 cm³/mol. The summed E-state index contributed by atoms with van der Waals surface area (Å²) >= 11 is 1.62. The molecule has 7 nitrogen and oxygen atoms in total. The third kappa shape index (κ3) is 4.95. The first-order valence-electron chi connectivity index (χ1n) is 12.8. The van der Waals surface area contributed by atoms with Crippen LogP contribution in [0.25, 0.3) is 11.3 Å². The molecular formula is C28H32N4O3S. The smallest absolute Gasteiger partial charge is 0.262 e. The first kappa shape index (κ1) is 24.3. The Morgan fingerprint density at radius 2 is 1.89 bits per heavy atom. The maximum Gasteiger partial charge on any atom is 0.262 e. The second kappa shape index (κ2) is 10.7. The molecule has 0 radical (unpaired) electrons. The van der Waals surface area contributed by atoms with Crippen LogP contribution < -0.4 is 14.9 Å². The number of nitrogens with one attached hydrogen (secondary N) is 1. The van der Waals surface area contributed by atoms with E-state index in [-0.39, 0.29) is 18.4 Å². The number of ether oxygens (including phenoxy) is 1. The SMILES string of the molecule is CCc1cccc(CC)c1N=c1scc(-c2ccc3c(c2)NC(=O)CO3)n1CCCN1CCCC1=O. The molecule has 5 rings (SSSR count). The van der Waals surface area contributed by atoms with E-state index in [0.717, 1.165) is 67.1 Å². The summed E-state index contributed by atoms with van der Waals surface area (Å²) in [6.45, 7) is 6.72. The van der Waals surface area contributed by atoms with E-state index in [0.29, 0.717) is 17.9 Å². The maximum atomic E-state index is 12.1. The number of benzene rings is 2. The molecular weight excluding hydrogens is 472 g/mol. The third-order valence-corrected chi connectivity index (χ3v) is 7.72. The predicted octanol–water partition coefficient (Wildman–Crippen LogP) is 4.92. The van der Waals surface area contributed by atoms with Gasteiger partial charge in [0.2, 0.25) is 5.91 Å². The fourth-order valence-corrected chi connectivity index (χ4v) is 5.86. The Morgan fingerprint density at radius 1 is 1.08 bits per heavy atom. The van der Waals surface area contributed by atoms with Crippen LogP contribution in [0.4, 0.5) is 11.4 Å². The molecule has 0 spiro atoms. The summed E-state index contributed by atoms with van der Waals surface area (Å²) in [4.78, 5) is 32.1. The molecule has 1 fully saturated rings. The highest BCUT2D eigenvalue weighted by molar-refractivity contribution is 7.07. The number of hydrogen-bond donors (Lipinski definition) is 1. The summed E-state index contributed by atoms with van der Waals surface area (Å²) in [5, 5.41) is 5.05. The summed E-state index contributed by atoms with van der Waals surface area (Å²) in [5.74, 6) is 0.791. The van der Waals surface area contributed by atoms with Crippen LogP contribution in [0, 0.1) is 0 Å². The number of thiazole rings is 1. The largest absolute Gasteiger partial charge is 0.482 e. The van der Waals surface area contributed by atoms with Crippen LogP contribution in [0.2, 0.25) is 0 Å². The van der Waals surface area contributed by atoms with Gasteiger partial charge in [-0.3, -0.25) is 9.59 Å². The average molecular weight is 505 g/mol. The van der Waals surface area contributed by atoms with Crippen molar-refractivity contribution in [2.75, 3.05) is 25.0 Å². The number of para-hydroxylation sites is 1. The zero-order valence-corrected chi connectivity index (χ0v) is 21.7. The zero-order valence-electron chi connectivity index (χ0n) is 20.9. The van der Waals surface area contributed by atoms with Crippen LogP contribution in [0.15, 0.2) is 46.8 Å². The molecule has 2 aromatic carbocycles. The molecule has 0 aliphatic carbocycles. The fourth-order valence-electron chi connectivity index (χ4n) is 4.92. The Balaban J connectivity index is 1.55. The second-order valence-corrected chi connectivity index (χ2v) is 10.0. The molecule has 0 saturated carbocycles. The van der Waals surface area contributed by atoms with Gasteiger partial charge in [-0.15, -0.1) is 11.3 Å². The van der Waals surface area contributed by atoms with E-state index in [2.05, 4.69) is 47.3 Å². The van der Waals surface area contributed by atoms with Gasteiger partial charge in [0.15, 0.2) is 11.4 Å². The highest BCUT2D eigenvalue weighted by Crippen LogP contribution is 2.33. The lowest BCUT2D eigenvalue weighted by molar-refractivity contribution is -0.127. The van der Waals surface area contributed by atoms with E-state index in [1.807, 2.05) is 23.1 Å². The molecule has 1 N–H and O–H groups in total. The van der Waals surface area contributed by atoms with Gasteiger partial charge in [-0.25, -0.2) is 4.99 Å². The van der Waals surface area contributed by atoms with Crippen molar-refractivity contribution < 1.29 is 14.3 Å². The zero-order chi connectivity index (χ0) is 25.1. The first-order valence-corrected chi connectivity index (χ1v) is 13.6. The van der Waals surface area contributed by atoms with Crippen LogP contribution >= 0.6 is 11.3 Å². The van der Waals surface area contributed by atoms with Gasteiger partial charge in [0.05, 0.1) is 17.1 Å². The lowest BCUT2D eigenvalue weighted by Gasteiger charge is -2.19. The van der Waals surface area contributed by atoms with E-state index in [9.17, 15) is 9.59 Å². The first-order chi connectivity index (χ1) is 17.6. The number of carbonyl (C=O) groups excluding carboxylic acids is 2. The number of amides is 2. The molecule has 188 valence electrons. The number of fused-ring (bicyclic) bond motifs is 1. The standard InChI is InChI=1S/C28H32N4O3S/c1-3-19-8-5-9-20(4-2)27(19)30-28-32(15-7-14-31-13-6-10-26(31)34)23(18-36-28)21-11-12-24-22(16-21)29-25(33)17-35-24/h5,8-9,11-12,16,18H,3-4,6-7,10,13-15,17H2,1-2H3,(H,29,33). The molecule has 0 unspecified atom stereocenters. The lowest BCUT2D eigenvalue weighted by Crippen LogP contribution is -2.27. The molecule has 0 atom stereocenters. The molecule has 3 heterocycles. The Kier molecular flexibility index (Phi) is 7.23. The Morgan fingerprint density at radius 3 is 2.61 bits per heavy atom. The van der Waals surface area contributed by atoms with Crippen LogP contribution in [0.3, 0.4) is 0 Å². The van der Waals surface area contributed by atoms with Crippen molar-refractivity contribution in [3.8, 4) is 17.0 Å². The van der Waals surface area contributed by atoms with Crippen molar-refractivity contribution in [3.63, 3.8) is 0 Å². The molecule has 8 heteroatoms. The van der Waals surface area contributed by atoms with Gasteiger partial charge < -0.3 is 19.5 Å². The average Bonchev–Trinajstić information content (AvgIpc) is 3.49. The number of aryl methyl sites for hydroxylation is 2. The van der Waals surface area contributed by atoms with Crippen molar-refractivity contribution in [1.29, 1.82) is 0 Å². The number of rotatable bonds is 8. The second-order valence-electron chi connectivity index (χ2n) is 9.18. The highest BCUT2D eigenvalue weighted by atomic mass is 32.1. The summed E-state index contributed by atoms with van der Waals surface area (Å²) in [5.41, 5.74) is 6.27. The van der Waals surface area contributed by atoms with Gasteiger partial charge in [0.1, 0.15) is 5.75 Å². The van der Waals surface area contributed by atoms with Crippen molar-refractivity contribution in [2.45, 2.75) is 52.5 Å². The summed E-state index contributed by atoms with van der Waals surface area (Å²) in [7, 11) is 0. The van der Waals surface area contributed by atoms with Gasteiger partial charge in [0.25, 0.3) is 5.91 Å². The quantitative estimate of drug-likeness (QED) is 0.473. The monoisotopic (exact) mass is 504 g/mol. The highest BCUT2D eigenvalue weighted by Gasteiger charge is 2.21. The maximum absolute atomic E-state index is 12.1. The normalized spacial score (nSPS) is 15.7. The van der Waals surface area contributed by atoms with Gasteiger partial charge in [-0.05, 0) is 55.0 Å². The number of hydrogen-bond acceptors (Lipinski definition) is 5. The van der Waals surface area contributed by atoms with Crippen molar-refractivity contribution in [2.24, 2.45) is 4.99 Å². The van der Waals surface area contributed by atoms with Gasteiger partial charge >= 0.3 is 0 Å². The van der Waals surface area contributed by atoms with Crippen LogP contribution in [0.1, 0.15) is 44.2 Å². The number of nitrogens with zero attached hydrogens (tertiary/aromatic N) is 3. The molecule has 36 heavy (non-hydrogen) atoms. The lowest BCUT2D eigenvalue weighted by atomic mass is 10.0. The summed E-state index contributed by atoms with van der Waals surface area (Å²) < 4.78 is 7.81. The third-order valence-electron chi connectivity index (χ3n) is 6.86. The van der Waals surface area contributed by atoms with Crippen molar-refractivity contribution >= 4 is 34.5 Å². The number of anilines is 1. The minimum absolute atomic E-state index is 0.0413. The fraction of sp³-hybridized carbons (Fsp3) is 0.393. The Hall–Kier alpha value is -3.39. The van der Waals surface area contributed by atoms with E-state index >= 15 is 0 Å². The van der Waals surface area contributed by atoms with E-state index < -0.39 is 0 Å². The van der Waals surface area contributed by atoms with Gasteiger partial charge in [0, 0.05) is 37.0 Å². The topological polar surface area (TPSA) is 75.9 Å². The van der Waals surface area contributed by atoms with Gasteiger partial charge in [-0.1, -0.05) is 32.0 Å². The van der Waals surface area contributed by atoms with Crippen LogP contribution in [0.5, 0.6) is 5.75 Å². The van der Waals surface area contributed by atoms with Crippen molar-refractivity contribution in [3.05, 3.63) is 57.7 Å². The summed E-state index contributed by atoms with van der Waals surface area (Å²) in [6.07, 6.45) is 4.31. The molecule has 3 aromatic rings. The molecule has 2 aliphatic rings. The molecule has 2 amide bonds. The molecule has 1 saturated heterocycles. The molecule has 0 bridgehead atoms. The number of aromatic nitrogens is 1. The minimum atomic E-state index is -0.146. The van der Waals surface area contributed by atoms with Crippen molar-refractivity contribution in [1.82, 2.24) is 9.47 Å². The molecule has 2 aliphatic heterocycles.